The summed E-state index contributed by atoms with van der Waals surface area (Å²) < 4.78 is 7.47. The number of hydrogen-bond donors (Lipinski definition) is 4. The van der Waals surface area contributed by atoms with Crippen molar-refractivity contribution in [2.45, 2.75) is 13.0 Å². The largest absolute Gasteiger partial charge is 0.377 e. The SMILES string of the molecule is NC(N)=NCCCOCc1ccc(-c2cn3cc(-c4ccc(C(=O)N5CCNCC5)cc4)nc3[nH]c2=O)cc1. The Morgan fingerprint density at radius 2 is 1.72 bits per heavy atom. The van der Waals surface area contributed by atoms with Gasteiger partial charge in [-0.2, -0.15) is 0 Å². The molecule has 0 unspecified atom stereocenters. The lowest BCUT2D eigenvalue weighted by Gasteiger charge is -2.27. The number of guanidine groups is 1. The maximum atomic E-state index is 12.8. The first kappa shape index (κ1) is 26.1. The molecule has 0 bridgehead atoms. The number of piperazine rings is 1. The normalized spacial score (nSPS) is 13.5. The number of aromatic amines is 1. The van der Waals surface area contributed by atoms with Crippen molar-refractivity contribution in [1.29, 1.82) is 0 Å². The highest BCUT2D eigenvalue weighted by molar-refractivity contribution is 5.94. The predicted molar refractivity (Wildman–Crippen MR) is 150 cm³/mol. The van der Waals surface area contributed by atoms with Crippen LogP contribution in [-0.4, -0.2) is 70.5 Å². The van der Waals surface area contributed by atoms with Gasteiger partial charge in [-0.1, -0.05) is 36.4 Å². The van der Waals surface area contributed by atoms with Crippen LogP contribution in [0.25, 0.3) is 28.2 Å². The molecule has 1 fully saturated rings. The summed E-state index contributed by atoms with van der Waals surface area (Å²) in [6.07, 6.45) is 4.38. The molecule has 5 rings (SSSR count). The number of hydrogen-bond acceptors (Lipinski definition) is 6. The molecule has 0 aliphatic carbocycles. The number of carbonyl (C=O) groups excluding carboxylic acids is 1. The number of H-pyrrole nitrogens is 1. The molecule has 4 aromatic rings. The van der Waals surface area contributed by atoms with Gasteiger partial charge in [0.25, 0.3) is 11.5 Å². The first-order valence-electron chi connectivity index (χ1n) is 12.9. The van der Waals surface area contributed by atoms with Crippen LogP contribution in [0.3, 0.4) is 0 Å². The van der Waals surface area contributed by atoms with Crippen LogP contribution >= 0.6 is 0 Å². The van der Waals surface area contributed by atoms with E-state index < -0.39 is 0 Å². The summed E-state index contributed by atoms with van der Waals surface area (Å²) in [7, 11) is 0. The van der Waals surface area contributed by atoms with Crippen LogP contribution < -0.4 is 22.3 Å². The number of benzene rings is 2. The van der Waals surface area contributed by atoms with Crippen molar-refractivity contribution in [3.8, 4) is 22.4 Å². The van der Waals surface area contributed by atoms with Crippen LogP contribution in [0.5, 0.6) is 0 Å². The Balaban J connectivity index is 1.26. The van der Waals surface area contributed by atoms with Crippen LogP contribution in [0.15, 0.2) is 70.7 Å². The zero-order valence-electron chi connectivity index (χ0n) is 21.6. The monoisotopic (exact) mass is 528 g/mol. The number of carbonyl (C=O) groups is 1. The van der Waals surface area contributed by atoms with Gasteiger partial charge in [0.15, 0.2) is 5.96 Å². The van der Waals surface area contributed by atoms with Crippen molar-refractivity contribution >= 4 is 17.6 Å². The molecular weight excluding hydrogens is 496 g/mol. The van der Waals surface area contributed by atoms with Gasteiger partial charge in [0.1, 0.15) is 0 Å². The molecule has 3 heterocycles. The van der Waals surface area contributed by atoms with E-state index in [1.165, 1.54) is 0 Å². The fraction of sp³-hybridized carbons (Fsp3) is 0.286. The molecule has 1 aliphatic rings. The summed E-state index contributed by atoms with van der Waals surface area (Å²) in [4.78, 5) is 38.8. The Kier molecular flexibility index (Phi) is 7.99. The molecule has 11 heteroatoms. The van der Waals surface area contributed by atoms with Crippen molar-refractivity contribution in [1.82, 2.24) is 24.6 Å². The molecule has 0 atom stereocenters. The van der Waals surface area contributed by atoms with Gasteiger partial charge >= 0.3 is 0 Å². The van der Waals surface area contributed by atoms with Crippen molar-refractivity contribution in [3.05, 3.63) is 82.4 Å². The highest BCUT2D eigenvalue weighted by atomic mass is 16.5. The number of nitrogens with zero attached hydrogens (tertiary/aromatic N) is 4. The van der Waals surface area contributed by atoms with Gasteiger partial charge in [0.2, 0.25) is 5.78 Å². The summed E-state index contributed by atoms with van der Waals surface area (Å²) >= 11 is 0. The summed E-state index contributed by atoms with van der Waals surface area (Å²) in [5.41, 5.74) is 14.9. The maximum Gasteiger partial charge on any atom is 0.260 e. The lowest BCUT2D eigenvalue weighted by atomic mass is 10.1. The molecule has 1 aliphatic heterocycles. The third kappa shape index (κ3) is 6.33. The third-order valence-electron chi connectivity index (χ3n) is 6.58. The maximum absolute atomic E-state index is 12.8. The minimum atomic E-state index is -0.222. The summed E-state index contributed by atoms with van der Waals surface area (Å²) in [5.74, 6) is 0.566. The van der Waals surface area contributed by atoms with Crippen molar-refractivity contribution in [3.63, 3.8) is 0 Å². The van der Waals surface area contributed by atoms with Crippen molar-refractivity contribution < 1.29 is 9.53 Å². The number of aromatic nitrogens is 3. The van der Waals surface area contributed by atoms with Crippen molar-refractivity contribution in [2.24, 2.45) is 16.5 Å². The first-order valence-corrected chi connectivity index (χ1v) is 12.9. The van der Waals surface area contributed by atoms with Gasteiger partial charge < -0.3 is 26.4 Å². The van der Waals surface area contributed by atoms with Crippen molar-refractivity contribution in [2.75, 3.05) is 39.3 Å². The van der Waals surface area contributed by atoms with Crippen LogP contribution in [0, 0.1) is 0 Å². The second-order valence-electron chi connectivity index (χ2n) is 9.38. The minimum absolute atomic E-state index is 0.0347. The lowest BCUT2D eigenvalue weighted by Crippen LogP contribution is -2.46. The molecular formula is C28H32N8O3. The standard InChI is InChI=1S/C28H32N8O3/c29-27(30)32-10-1-15-39-18-19-2-4-20(5-3-19)23-16-36-17-24(33-28(36)34-25(23)37)21-6-8-22(9-7-21)26(38)35-13-11-31-12-14-35/h2-9,16-17,31H,1,10-15,18H2,(H4,29,30,32)(H,33,34,37). The Morgan fingerprint density at radius 1 is 1.00 bits per heavy atom. The average molecular weight is 529 g/mol. The minimum Gasteiger partial charge on any atom is -0.377 e. The van der Waals surface area contributed by atoms with E-state index in [0.29, 0.717) is 55.4 Å². The molecule has 1 saturated heterocycles. The Morgan fingerprint density at radius 3 is 2.44 bits per heavy atom. The van der Waals surface area contributed by atoms with E-state index in [9.17, 15) is 9.59 Å². The van der Waals surface area contributed by atoms with Gasteiger partial charge in [-0.25, -0.2) is 4.98 Å². The summed E-state index contributed by atoms with van der Waals surface area (Å²) in [5, 5.41) is 3.26. The fourth-order valence-corrected chi connectivity index (χ4v) is 4.48. The molecule has 0 radical (unpaired) electrons. The predicted octanol–water partition coefficient (Wildman–Crippen LogP) is 1.58. The average Bonchev–Trinajstić information content (AvgIpc) is 3.37. The summed E-state index contributed by atoms with van der Waals surface area (Å²) in [6.45, 7) is 4.58. The third-order valence-corrected chi connectivity index (χ3v) is 6.58. The number of imidazole rings is 1. The van der Waals surface area contributed by atoms with Crippen LogP contribution in [0.2, 0.25) is 0 Å². The fourth-order valence-electron chi connectivity index (χ4n) is 4.48. The van der Waals surface area contributed by atoms with Gasteiger partial charge in [0.05, 0.1) is 17.9 Å². The second kappa shape index (κ2) is 11.9. The zero-order chi connectivity index (χ0) is 27.2. The summed E-state index contributed by atoms with van der Waals surface area (Å²) in [6, 6.07) is 15.1. The van der Waals surface area contributed by atoms with E-state index in [0.717, 1.165) is 36.2 Å². The smallest absolute Gasteiger partial charge is 0.260 e. The number of fused-ring (bicyclic) bond motifs is 1. The molecule has 202 valence electrons. The highest BCUT2D eigenvalue weighted by Gasteiger charge is 2.18. The van der Waals surface area contributed by atoms with E-state index in [-0.39, 0.29) is 17.4 Å². The Labute approximate surface area is 225 Å². The van der Waals surface area contributed by atoms with Gasteiger partial charge in [-0.15, -0.1) is 0 Å². The Hall–Kier alpha value is -4.48. The number of nitrogens with one attached hydrogen (secondary N) is 2. The van der Waals surface area contributed by atoms with E-state index in [2.05, 4.69) is 20.3 Å². The van der Waals surface area contributed by atoms with Gasteiger partial charge in [0, 0.05) is 62.9 Å². The second-order valence-corrected chi connectivity index (χ2v) is 9.38. The highest BCUT2D eigenvalue weighted by Crippen LogP contribution is 2.22. The first-order chi connectivity index (χ1) is 19.0. The van der Waals surface area contributed by atoms with E-state index in [4.69, 9.17) is 16.2 Å². The molecule has 0 saturated carbocycles. The van der Waals surface area contributed by atoms with E-state index in [1.54, 1.807) is 10.6 Å². The Bertz CT molecular complexity index is 1510. The van der Waals surface area contributed by atoms with E-state index >= 15 is 0 Å². The number of amides is 1. The lowest BCUT2D eigenvalue weighted by molar-refractivity contribution is 0.0736. The van der Waals surface area contributed by atoms with Gasteiger partial charge in [-0.05, 0) is 29.7 Å². The molecule has 2 aromatic carbocycles. The number of aliphatic imine (C=N–C) groups is 1. The molecule has 1 amide bonds. The molecule has 39 heavy (non-hydrogen) atoms. The molecule has 6 N–H and O–H groups in total. The van der Waals surface area contributed by atoms with Crippen LogP contribution in [0.1, 0.15) is 22.3 Å². The molecule has 2 aromatic heterocycles. The zero-order valence-corrected chi connectivity index (χ0v) is 21.6. The van der Waals surface area contributed by atoms with Crippen LogP contribution in [-0.2, 0) is 11.3 Å². The van der Waals surface area contributed by atoms with E-state index in [1.807, 2.05) is 59.6 Å². The quantitative estimate of drug-likeness (QED) is 0.146. The topological polar surface area (TPSA) is 156 Å². The molecule has 0 spiro atoms. The van der Waals surface area contributed by atoms with Crippen LogP contribution in [0.4, 0.5) is 0 Å². The van der Waals surface area contributed by atoms with Gasteiger partial charge in [-0.3, -0.25) is 24.0 Å². The number of nitrogens with two attached hydrogens (primary N) is 2. The number of rotatable bonds is 9. The molecule has 11 nitrogen and oxygen atoms in total. The number of ether oxygens (including phenoxy) is 1.